The highest BCUT2D eigenvalue weighted by Gasteiger charge is 2.47. The number of likely N-dealkylation sites (tertiary alicyclic amines) is 1. The van der Waals surface area contributed by atoms with E-state index in [2.05, 4.69) is 33.5 Å². The maximum Gasteiger partial charge on any atom is 0.253 e. The molecule has 5 saturated heterocycles. The highest BCUT2D eigenvalue weighted by atomic mass is 35.5. The van der Waals surface area contributed by atoms with Crippen molar-refractivity contribution < 1.29 is 23.1 Å². The molecule has 0 radical (unpaired) electrons. The molecule has 5 aliphatic rings. The lowest BCUT2D eigenvalue weighted by atomic mass is 9.70. The van der Waals surface area contributed by atoms with Gasteiger partial charge in [0.15, 0.2) is 0 Å². The zero-order valence-electron chi connectivity index (χ0n) is 22.0. The van der Waals surface area contributed by atoms with Gasteiger partial charge in [-0.15, -0.1) is 23.4 Å². The normalized spacial score (nSPS) is 43.7. The average Bonchev–Trinajstić information content (AvgIpc) is 3.47. The molecule has 5 N–H and O–H groups in total. The molecule has 0 aromatic carbocycles. The van der Waals surface area contributed by atoms with Crippen molar-refractivity contribution in [3.05, 3.63) is 0 Å². The first kappa shape index (κ1) is 28.8. The van der Waals surface area contributed by atoms with Gasteiger partial charge in [0.1, 0.15) is 5.50 Å². The first-order valence-electron chi connectivity index (χ1n) is 13.9. The molecule has 0 aromatic rings. The Morgan fingerprint density at radius 2 is 1.89 bits per heavy atom. The van der Waals surface area contributed by atoms with Gasteiger partial charge in [-0.3, -0.25) is 20.2 Å². The first-order chi connectivity index (χ1) is 18.2. The number of rotatable bonds is 6. The topological polar surface area (TPSA) is 107 Å². The summed E-state index contributed by atoms with van der Waals surface area (Å²) in [6, 6.07) is -0.390. The fourth-order valence-electron chi connectivity index (χ4n) is 7.01. The Morgan fingerprint density at radius 3 is 2.58 bits per heavy atom. The number of halogens is 3. The number of piperidine rings is 3. The van der Waals surface area contributed by atoms with Crippen molar-refractivity contribution in [1.82, 2.24) is 31.5 Å². The van der Waals surface area contributed by atoms with Crippen LogP contribution in [0, 0.1) is 23.7 Å². The molecular weight excluding hydrogens is 538 g/mol. The van der Waals surface area contributed by atoms with Crippen LogP contribution in [0.3, 0.4) is 0 Å². The lowest BCUT2D eigenvalue weighted by molar-refractivity contribution is -0.135. The van der Waals surface area contributed by atoms with Crippen molar-refractivity contribution in [2.75, 3.05) is 39.8 Å². The van der Waals surface area contributed by atoms with Gasteiger partial charge in [-0.2, -0.15) is 0 Å². The van der Waals surface area contributed by atoms with Crippen LogP contribution in [0.2, 0.25) is 0 Å². The van der Waals surface area contributed by atoms with E-state index in [4.69, 9.17) is 16.3 Å². The Morgan fingerprint density at radius 1 is 1.08 bits per heavy atom. The Labute approximate surface area is 232 Å². The summed E-state index contributed by atoms with van der Waals surface area (Å²) in [6.45, 7) is 4.95. The number of nitrogens with zero attached hydrogens (tertiary/aromatic N) is 1. The predicted molar refractivity (Wildman–Crippen MR) is 143 cm³/mol. The standard InChI is InChI=1S/C25H41ClF2N6O3S/c1-12-5-14(15-6-21(26)31-9-19(15)37-2)16(8-29-12)23(35)33-25-32-18-10-34(11-20(18)38-25)24(36)13-3-4-17(22(27)28)30-7-13/h12-22,25,29-32H,3-11H2,1-2H3,(H,33,35). The number of amides is 2. The number of carbonyl (C=O) groups excluding carboxylic acids is 2. The molecule has 13 heteroatoms. The van der Waals surface area contributed by atoms with Gasteiger partial charge >= 0.3 is 0 Å². The highest BCUT2D eigenvalue weighted by molar-refractivity contribution is 8.00. The minimum absolute atomic E-state index is 0.0260. The van der Waals surface area contributed by atoms with E-state index in [-0.39, 0.29) is 63.9 Å². The molecule has 5 aliphatic heterocycles. The predicted octanol–water partition coefficient (Wildman–Crippen LogP) is 0.739. The number of carbonyl (C=O) groups is 2. The monoisotopic (exact) mass is 578 g/mol. The minimum Gasteiger partial charge on any atom is -0.380 e. The number of fused-ring (bicyclic) bond motifs is 1. The molecule has 11 unspecified atom stereocenters. The lowest BCUT2D eigenvalue weighted by Gasteiger charge is -2.45. The second kappa shape index (κ2) is 12.4. The molecule has 38 heavy (non-hydrogen) atoms. The van der Waals surface area contributed by atoms with Gasteiger partial charge in [0.2, 0.25) is 11.8 Å². The van der Waals surface area contributed by atoms with E-state index >= 15 is 0 Å². The van der Waals surface area contributed by atoms with Crippen LogP contribution in [-0.4, -0.2) is 103 Å². The van der Waals surface area contributed by atoms with Crippen molar-refractivity contribution in [2.45, 2.75) is 79.5 Å². The summed E-state index contributed by atoms with van der Waals surface area (Å²) < 4.78 is 31.6. The summed E-state index contributed by atoms with van der Waals surface area (Å²) in [5, 5.41) is 16.5. The maximum absolute atomic E-state index is 13.5. The molecular formula is C25H41ClF2N6O3S. The van der Waals surface area contributed by atoms with Gasteiger partial charge in [0, 0.05) is 57.2 Å². The van der Waals surface area contributed by atoms with E-state index in [1.54, 1.807) is 18.9 Å². The van der Waals surface area contributed by atoms with E-state index < -0.39 is 12.5 Å². The number of ether oxygens (including phenoxy) is 1. The Balaban J connectivity index is 1.13. The molecule has 216 valence electrons. The number of alkyl halides is 3. The Kier molecular flexibility index (Phi) is 9.39. The van der Waals surface area contributed by atoms with E-state index in [9.17, 15) is 18.4 Å². The zero-order valence-corrected chi connectivity index (χ0v) is 23.6. The smallest absolute Gasteiger partial charge is 0.253 e. The lowest BCUT2D eigenvalue weighted by Crippen LogP contribution is -2.57. The highest BCUT2D eigenvalue weighted by Crippen LogP contribution is 2.39. The average molecular weight is 579 g/mol. The number of methoxy groups -OCH3 is 1. The Bertz CT molecular complexity index is 842. The van der Waals surface area contributed by atoms with Crippen LogP contribution in [0.4, 0.5) is 8.78 Å². The quantitative estimate of drug-likeness (QED) is 0.232. The van der Waals surface area contributed by atoms with Crippen LogP contribution in [0.15, 0.2) is 0 Å². The van der Waals surface area contributed by atoms with Crippen molar-refractivity contribution in [3.63, 3.8) is 0 Å². The van der Waals surface area contributed by atoms with E-state index in [0.29, 0.717) is 51.6 Å². The molecule has 9 nitrogen and oxygen atoms in total. The molecule has 0 aliphatic carbocycles. The molecule has 11 atom stereocenters. The maximum atomic E-state index is 13.5. The van der Waals surface area contributed by atoms with Gasteiger partial charge < -0.3 is 25.6 Å². The first-order valence-corrected chi connectivity index (χ1v) is 15.3. The van der Waals surface area contributed by atoms with E-state index in [0.717, 1.165) is 12.8 Å². The third-order valence-corrected chi connectivity index (χ3v) is 10.8. The van der Waals surface area contributed by atoms with Crippen molar-refractivity contribution in [2.24, 2.45) is 23.7 Å². The summed E-state index contributed by atoms with van der Waals surface area (Å²) >= 11 is 8.11. The molecule has 0 saturated carbocycles. The number of nitrogens with one attached hydrogen (secondary N) is 5. The van der Waals surface area contributed by atoms with Crippen LogP contribution in [0.25, 0.3) is 0 Å². The van der Waals surface area contributed by atoms with Crippen LogP contribution in [0.1, 0.15) is 32.6 Å². The van der Waals surface area contributed by atoms with Crippen LogP contribution in [-0.2, 0) is 14.3 Å². The summed E-state index contributed by atoms with van der Waals surface area (Å²) in [6.07, 6.45) is 0.106. The largest absolute Gasteiger partial charge is 0.380 e. The summed E-state index contributed by atoms with van der Waals surface area (Å²) in [4.78, 5) is 28.4. The van der Waals surface area contributed by atoms with Crippen LogP contribution < -0.4 is 26.6 Å². The van der Waals surface area contributed by atoms with Gasteiger partial charge in [-0.05, 0) is 44.4 Å². The summed E-state index contributed by atoms with van der Waals surface area (Å²) in [5.41, 5.74) is -0.322. The molecule has 2 amide bonds. The third-order valence-electron chi connectivity index (χ3n) is 9.15. The fraction of sp³-hybridized carbons (Fsp3) is 0.920. The van der Waals surface area contributed by atoms with Crippen LogP contribution in [0.5, 0.6) is 0 Å². The van der Waals surface area contributed by atoms with Gasteiger partial charge in [-0.1, -0.05) is 0 Å². The van der Waals surface area contributed by atoms with Gasteiger partial charge in [0.05, 0.1) is 29.5 Å². The van der Waals surface area contributed by atoms with Crippen molar-refractivity contribution >= 4 is 35.2 Å². The van der Waals surface area contributed by atoms with E-state index in [1.165, 1.54) is 0 Å². The number of hydrogen-bond acceptors (Lipinski definition) is 8. The van der Waals surface area contributed by atoms with Crippen LogP contribution >= 0.6 is 23.4 Å². The molecule has 0 aromatic heterocycles. The Hall–Kier alpha value is -0.760. The summed E-state index contributed by atoms with van der Waals surface area (Å²) in [5.74, 6) is 0.0344. The van der Waals surface area contributed by atoms with Crippen molar-refractivity contribution in [1.29, 1.82) is 0 Å². The molecule has 5 heterocycles. The molecule has 5 fully saturated rings. The number of hydrogen-bond donors (Lipinski definition) is 5. The molecule has 0 spiro atoms. The second-order valence-electron chi connectivity index (χ2n) is 11.6. The van der Waals surface area contributed by atoms with E-state index in [1.807, 2.05) is 4.90 Å². The molecule has 0 bridgehead atoms. The summed E-state index contributed by atoms with van der Waals surface area (Å²) in [7, 11) is 1.73. The minimum atomic E-state index is -2.40. The zero-order chi connectivity index (χ0) is 27.0. The molecule has 5 rings (SSSR count). The second-order valence-corrected chi connectivity index (χ2v) is 13.4. The number of thioether (sulfide) groups is 1. The van der Waals surface area contributed by atoms with Gasteiger partial charge in [0.25, 0.3) is 6.43 Å². The third kappa shape index (κ3) is 6.26. The van der Waals surface area contributed by atoms with Gasteiger partial charge in [-0.25, -0.2) is 8.78 Å². The van der Waals surface area contributed by atoms with Crippen molar-refractivity contribution in [3.8, 4) is 0 Å². The fourth-order valence-corrected chi connectivity index (χ4v) is 8.71. The SMILES string of the molecule is COC1CNC(Cl)CC1C1CC(C)NCC1C(=O)NC1NC2CN(C(=O)C3CCC(C(F)F)NC3)CC2S1.